The molecule has 0 fully saturated rings. The van der Waals surface area contributed by atoms with Crippen molar-refractivity contribution in [1.82, 2.24) is 9.78 Å². The van der Waals surface area contributed by atoms with Crippen LogP contribution in [0.2, 0.25) is 0 Å². The van der Waals surface area contributed by atoms with Gasteiger partial charge in [-0.15, -0.1) is 0 Å². The molecule has 0 saturated heterocycles. The lowest BCUT2D eigenvalue weighted by molar-refractivity contribution is 0.406. The third-order valence-corrected chi connectivity index (χ3v) is 3.38. The maximum atomic E-state index is 12.1. The third kappa shape index (κ3) is 4.07. The highest BCUT2D eigenvalue weighted by molar-refractivity contribution is 9.10. The lowest BCUT2D eigenvalue weighted by atomic mass is 10.2. The zero-order valence-electron chi connectivity index (χ0n) is 12.3. The van der Waals surface area contributed by atoms with Crippen molar-refractivity contribution in [3.05, 3.63) is 50.9 Å². The van der Waals surface area contributed by atoms with Gasteiger partial charge in [0.1, 0.15) is 5.75 Å². The first-order chi connectivity index (χ1) is 9.99. The average molecular weight is 352 g/mol. The lowest BCUT2D eigenvalue weighted by Gasteiger charge is -2.12. The van der Waals surface area contributed by atoms with E-state index in [1.165, 1.54) is 4.68 Å². The molecular formula is C15H18BrN3O2. The second kappa shape index (κ2) is 6.76. The monoisotopic (exact) mass is 351 g/mol. The molecule has 1 N–H and O–H groups in total. The Morgan fingerprint density at radius 1 is 1.38 bits per heavy atom. The van der Waals surface area contributed by atoms with E-state index in [1.54, 1.807) is 19.4 Å². The van der Waals surface area contributed by atoms with Crippen LogP contribution in [0.1, 0.15) is 19.4 Å². The Balaban J connectivity index is 2.28. The Bertz CT molecular complexity index is 683. The van der Waals surface area contributed by atoms with Gasteiger partial charge in [-0.25, -0.2) is 4.68 Å². The number of ether oxygens (including phenoxy) is 1. The fourth-order valence-electron chi connectivity index (χ4n) is 2.00. The van der Waals surface area contributed by atoms with E-state index in [1.807, 2.05) is 32.0 Å². The van der Waals surface area contributed by atoms with Crippen molar-refractivity contribution < 1.29 is 4.74 Å². The van der Waals surface area contributed by atoms with Crippen LogP contribution in [0.5, 0.6) is 5.75 Å². The van der Waals surface area contributed by atoms with Gasteiger partial charge in [0, 0.05) is 22.1 Å². The van der Waals surface area contributed by atoms with Crippen LogP contribution in [0, 0.1) is 0 Å². The summed E-state index contributed by atoms with van der Waals surface area (Å²) in [5, 5.41) is 7.36. The van der Waals surface area contributed by atoms with Crippen LogP contribution in [-0.2, 0) is 6.54 Å². The normalized spacial score (nSPS) is 10.7. The van der Waals surface area contributed by atoms with E-state index >= 15 is 0 Å². The number of rotatable bonds is 5. The van der Waals surface area contributed by atoms with E-state index in [-0.39, 0.29) is 11.6 Å². The molecule has 1 heterocycles. The first-order valence-corrected chi connectivity index (χ1v) is 7.45. The fraction of sp³-hybridized carbons (Fsp3) is 0.333. The summed E-state index contributed by atoms with van der Waals surface area (Å²) in [4.78, 5) is 12.1. The van der Waals surface area contributed by atoms with Gasteiger partial charge < -0.3 is 10.1 Å². The summed E-state index contributed by atoms with van der Waals surface area (Å²) < 4.78 is 7.66. The molecule has 21 heavy (non-hydrogen) atoms. The topological polar surface area (TPSA) is 56.1 Å². The quantitative estimate of drug-likeness (QED) is 0.899. The Morgan fingerprint density at radius 2 is 2.14 bits per heavy atom. The highest BCUT2D eigenvalue weighted by atomic mass is 79.9. The molecule has 0 aliphatic carbocycles. The van der Waals surface area contributed by atoms with E-state index in [0.29, 0.717) is 6.54 Å². The predicted molar refractivity (Wildman–Crippen MR) is 87.1 cm³/mol. The van der Waals surface area contributed by atoms with E-state index in [4.69, 9.17) is 4.74 Å². The predicted octanol–water partition coefficient (Wildman–Crippen LogP) is 2.88. The Kier molecular flexibility index (Phi) is 5.01. The van der Waals surface area contributed by atoms with Gasteiger partial charge in [0.15, 0.2) is 0 Å². The average Bonchev–Trinajstić information content (AvgIpc) is 2.41. The zero-order valence-corrected chi connectivity index (χ0v) is 13.8. The Labute approximate surface area is 132 Å². The molecule has 0 saturated carbocycles. The smallest absolute Gasteiger partial charge is 0.269 e. The fourth-order valence-corrected chi connectivity index (χ4v) is 2.41. The number of hydrogen-bond donors (Lipinski definition) is 1. The highest BCUT2D eigenvalue weighted by Crippen LogP contribution is 2.23. The minimum absolute atomic E-state index is 0.150. The molecule has 0 atom stereocenters. The van der Waals surface area contributed by atoms with Crippen molar-refractivity contribution in [3.8, 4) is 5.75 Å². The maximum absolute atomic E-state index is 12.1. The first-order valence-electron chi connectivity index (χ1n) is 6.65. The maximum Gasteiger partial charge on any atom is 0.269 e. The van der Waals surface area contributed by atoms with Gasteiger partial charge in [-0.05, 0) is 32.0 Å². The van der Waals surface area contributed by atoms with Gasteiger partial charge in [0.05, 0.1) is 25.5 Å². The van der Waals surface area contributed by atoms with Crippen molar-refractivity contribution in [2.24, 2.45) is 0 Å². The molecule has 0 bridgehead atoms. The molecular weight excluding hydrogens is 334 g/mol. The van der Waals surface area contributed by atoms with Crippen molar-refractivity contribution in [1.29, 1.82) is 0 Å². The van der Waals surface area contributed by atoms with Crippen LogP contribution in [0.4, 0.5) is 5.69 Å². The minimum atomic E-state index is -0.150. The van der Waals surface area contributed by atoms with Crippen LogP contribution < -0.4 is 15.6 Å². The summed E-state index contributed by atoms with van der Waals surface area (Å²) in [7, 11) is 1.61. The second-order valence-electron chi connectivity index (χ2n) is 5.00. The van der Waals surface area contributed by atoms with Crippen molar-refractivity contribution in [3.63, 3.8) is 0 Å². The minimum Gasteiger partial charge on any atom is -0.496 e. The largest absolute Gasteiger partial charge is 0.496 e. The second-order valence-corrected chi connectivity index (χ2v) is 5.91. The van der Waals surface area contributed by atoms with Crippen LogP contribution >= 0.6 is 15.9 Å². The van der Waals surface area contributed by atoms with Crippen LogP contribution in [0.25, 0.3) is 0 Å². The van der Waals surface area contributed by atoms with Crippen LogP contribution in [-0.4, -0.2) is 22.9 Å². The van der Waals surface area contributed by atoms with Gasteiger partial charge in [-0.2, -0.15) is 5.10 Å². The van der Waals surface area contributed by atoms with E-state index < -0.39 is 0 Å². The molecule has 5 nitrogen and oxygen atoms in total. The van der Waals surface area contributed by atoms with Gasteiger partial charge in [0.2, 0.25) is 0 Å². The van der Waals surface area contributed by atoms with Gasteiger partial charge in [0.25, 0.3) is 5.56 Å². The van der Waals surface area contributed by atoms with Crippen molar-refractivity contribution in [2.45, 2.75) is 26.4 Å². The summed E-state index contributed by atoms with van der Waals surface area (Å²) in [6.45, 7) is 4.39. The lowest BCUT2D eigenvalue weighted by Crippen LogP contribution is -2.24. The highest BCUT2D eigenvalue weighted by Gasteiger charge is 2.07. The summed E-state index contributed by atoms with van der Waals surface area (Å²) >= 11 is 3.42. The summed E-state index contributed by atoms with van der Waals surface area (Å²) in [6, 6.07) is 7.49. The Hall–Kier alpha value is -1.82. The van der Waals surface area contributed by atoms with Gasteiger partial charge in [-0.3, -0.25) is 4.79 Å². The third-order valence-electron chi connectivity index (χ3n) is 2.89. The van der Waals surface area contributed by atoms with Crippen LogP contribution in [0.3, 0.4) is 0 Å². The zero-order chi connectivity index (χ0) is 15.4. The van der Waals surface area contributed by atoms with E-state index in [2.05, 4.69) is 26.3 Å². The van der Waals surface area contributed by atoms with Gasteiger partial charge >= 0.3 is 0 Å². The molecule has 0 radical (unpaired) electrons. The summed E-state index contributed by atoms with van der Waals surface area (Å²) in [6.07, 6.45) is 1.66. The number of aromatic nitrogens is 2. The van der Waals surface area contributed by atoms with Crippen LogP contribution in [0.15, 0.2) is 39.7 Å². The number of nitrogens with one attached hydrogen (secondary N) is 1. The number of nitrogens with zero attached hydrogens (tertiary/aromatic N) is 2. The molecule has 2 rings (SSSR count). The number of methoxy groups -OCH3 is 1. The molecule has 2 aromatic rings. The number of hydrogen-bond acceptors (Lipinski definition) is 4. The summed E-state index contributed by atoms with van der Waals surface area (Å²) in [5.74, 6) is 0.733. The molecule has 6 heteroatoms. The van der Waals surface area contributed by atoms with Crippen molar-refractivity contribution >= 4 is 21.6 Å². The van der Waals surface area contributed by atoms with E-state index in [9.17, 15) is 4.79 Å². The molecule has 0 aliphatic rings. The molecule has 0 spiro atoms. The van der Waals surface area contributed by atoms with Crippen molar-refractivity contribution in [2.75, 3.05) is 12.4 Å². The molecule has 112 valence electrons. The Morgan fingerprint density at radius 3 is 2.76 bits per heavy atom. The molecule has 1 aromatic carbocycles. The number of anilines is 1. The molecule has 0 amide bonds. The molecule has 1 aromatic heterocycles. The molecule has 0 unspecified atom stereocenters. The molecule has 0 aliphatic heterocycles. The van der Waals surface area contributed by atoms with Gasteiger partial charge in [-0.1, -0.05) is 15.9 Å². The first kappa shape index (κ1) is 15.6. The summed E-state index contributed by atoms with van der Waals surface area (Å²) in [5.41, 5.74) is 1.47. The standard InChI is InChI=1S/C15H18BrN3O2/c1-10(2)18-13-7-15(20)19(17-8-13)9-11-6-12(16)4-5-14(11)21-3/h4-8,10,18H,9H2,1-3H3. The number of benzene rings is 1. The van der Waals surface area contributed by atoms with E-state index in [0.717, 1.165) is 21.5 Å². The SMILES string of the molecule is COc1ccc(Br)cc1Cn1ncc(NC(C)C)cc1=O. The number of halogens is 1.